The fourth-order valence-corrected chi connectivity index (χ4v) is 4.91. The number of hydrogen-bond donors (Lipinski definition) is 0. The van der Waals surface area contributed by atoms with E-state index in [1.165, 1.54) is 23.5 Å². The van der Waals surface area contributed by atoms with E-state index in [9.17, 15) is 14.0 Å². The number of halogens is 1. The number of likely N-dealkylation sites (tertiary alicyclic amines) is 1. The maximum atomic E-state index is 13.0. The number of ether oxygens (including phenoxy) is 1. The number of hydrogen-bond acceptors (Lipinski definition) is 5. The largest absolute Gasteiger partial charge is 0.359 e. The molecule has 2 aromatic rings. The zero-order valence-electron chi connectivity index (χ0n) is 17.3. The minimum atomic E-state index is -0.322. The van der Waals surface area contributed by atoms with Gasteiger partial charge in [0.05, 0.1) is 23.6 Å². The van der Waals surface area contributed by atoms with Gasteiger partial charge in [-0.1, -0.05) is 12.1 Å². The third-order valence-electron chi connectivity index (χ3n) is 5.86. The average Bonchev–Trinajstić information content (AvgIpc) is 3.36. The van der Waals surface area contributed by atoms with Gasteiger partial charge in [0, 0.05) is 24.4 Å². The lowest BCUT2D eigenvalue weighted by Gasteiger charge is -2.31. The Hall–Kier alpha value is -2.32. The van der Waals surface area contributed by atoms with Crippen LogP contribution in [0.2, 0.25) is 0 Å². The fourth-order valence-electron chi connectivity index (χ4n) is 3.95. The summed E-state index contributed by atoms with van der Waals surface area (Å²) >= 11 is 1.52. The molecule has 30 heavy (non-hydrogen) atoms. The van der Waals surface area contributed by atoms with E-state index in [2.05, 4.69) is 4.98 Å². The Kier molecular flexibility index (Phi) is 5.88. The predicted molar refractivity (Wildman–Crippen MR) is 112 cm³/mol. The molecule has 4 rings (SSSR count). The first-order valence-electron chi connectivity index (χ1n) is 10.2. The molecule has 0 N–H and O–H groups in total. The molecule has 0 unspecified atom stereocenters. The van der Waals surface area contributed by atoms with Crippen LogP contribution >= 0.6 is 11.3 Å². The van der Waals surface area contributed by atoms with E-state index in [0.717, 1.165) is 23.4 Å². The Morgan fingerprint density at radius 1 is 1.23 bits per heavy atom. The Bertz CT molecular complexity index is 920. The van der Waals surface area contributed by atoms with Crippen molar-refractivity contribution in [3.8, 4) is 0 Å². The summed E-state index contributed by atoms with van der Waals surface area (Å²) in [6, 6.07) is 6.07. The van der Waals surface area contributed by atoms with Gasteiger partial charge < -0.3 is 14.5 Å². The maximum Gasteiger partial charge on any atom is 0.275 e. The van der Waals surface area contributed by atoms with Crippen LogP contribution in [0.4, 0.5) is 4.39 Å². The summed E-state index contributed by atoms with van der Waals surface area (Å²) in [4.78, 5) is 33.6. The van der Waals surface area contributed by atoms with E-state index in [0.29, 0.717) is 32.1 Å². The SMILES string of the molecule is CC1(C)COCN1C(=O)c1csc(C2CCN(C(=O)Cc3ccc(F)cc3)CC2)n1. The zero-order valence-corrected chi connectivity index (χ0v) is 18.1. The molecule has 1 aromatic heterocycles. The summed E-state index contributed by atoms with van der Waals surface area (Å²) in [5.41, 5.74) is 0.973. The highest BCUT2D eigenvalue weighted by atomic mass is 32.1. The van der Waals surface area contributed by atoms with Crippen LogP contribution < -0.4 is 0 Å². The topological polar surface area (TPSA) is 62.7 Å². The second-order valence-corrected chi connectivity index (χ2v) is 9.44. The van der Waals surface area contributed by atoms with Crippen molar-refractivity contribution < 1.29 is 18.7 Å². The second kappa shape index (κ2) is 8.43. The zero-order chi connectivity index (χ0) is 21.3. The lowest BCUT2D eigenvalue weighted by molar-refractivity contribution is -0.131. The molecule has 0 saturated carbocycles. The summed E-state index contributed by atoms with van der Waals surface area (Å²) in [7, 11) is 0. The number of amides is 2. The van der Waals surface area contributed by atoms with E-state index in [4.69, 9.17) is 4.74 Å². The second-order valence-electron chi connectivity index (χ2n) is 8.55. The number of benzene rings is 1. The minimum absolute atomic E-state index is 0.0614. The number of nitrogens with zero attached hydrogens (tertiary/aromatic N) is 3. The molecule has 3 heterocycles. The number of carbonyl (C=O) groups excluding carboxylic acids is 2. The van der Waals surface area contributed by atoms with Gasteiger partial charge in [-0.2, -0.15) is 0 Å². The van der Waals surface area contributed by atoms with Gasteiger partial charge in [-0.15, -0.1) is 11.3 Å². The normalized spacial score (nSPS) is 19.3. The van der Waals surface area contributed by atoms with Crippen molar-refractivity contribution in [1.29, 1.82) is 0 Å². The standard InChI is InChI=1S/C22H26FN3O3S/c1-22(2)13-29-14-26(22)21(28)18-12-30-20(24-18)16-7-9-25(10-8-16)19(27)11-15-3-5-17(23)6-4-15/h3-6,12,16H,7-11,13-14H2,1-2H3. The Balaban J connectivity index is 1.33. The van der Waals surface area contributed by atoms with E-state index < -0.39 is 0 Å². The number of thiazole rings is 1. The first kappa shape index (κ1) is 20.9. The van der Waals surface area contributed by atoms with Gasteiger partial charge in [0.15, 0.2) is 0 Å². The molecule has 0 bridgehead atoms. The van der Waals surface area contributed by atoms with Gasteiger partial charge in [0.25, 0.3) is 5.91 Å². The molecule has 6 nitrogen and oxygen atoms in total. The fraction of sp³-hybridized carbons (Fsp3) is 0.500. The number of aromatic nitrogens is 1. The van der Waals surface area contributed by atoms with Crippen LogP contribution in [0.5, 0.6) is 0 Å². The number of piperidine rings is 1. The molecule has 8 heteroatoms. The molecular formula is C22H26FN3O3S. The molecule has 160 valence electrons. The molecule has 2 amide bonds. The Morgan fingerprint density at radius 2 is 1.93 bits per heavy atom. The van der Waals surface area contributed by atoms with Crippen molar-refractivity contribution in [3.63, 3.8) is 0 Å². The smallest absolute Gasteiger partial charge is 0.275 e. The van der Waals surface area contributed by atoms with Crippen molar-refractivity contribution in [2.45, 2.75) is 44.6 Å². The van der Waals surface area contributed by atoms with Crippen molar-refractivity contribution >= 4 is 23.2 Å². The lowest BCUT2D eigenvalue weighted by atomic mass is 9.97. The maximum absolute atomic E-state index is 13.0. The van der Waals surface area contributed by atoms with Crippen LogP contribution in [0.25, 0.3) is 0 Å². The monoisotopic (exact) mass is 431 g/mol. The third-order valence-corrected chi connectivity index (χ3v) is 6.87. The summed E-state index contributed by atoms with van der Waals surface area (Å²) in [6.45, 7) is 6.14. The van der Waals surface area contributed by atoms with Crippen LogP contribution in [-0.4, -0.2) is 58.6 Å². The first-order chi connectivity index (χ1) is 14.3. The van der Waals surface area contributed by atoms with Crippen molar-refractivity contribution in [2.75, 3.05) is 26.4 Å². The molecule has 0 aliphatic carbocycles. The van der Waals surface area contributed by atoms with Gasteiger partial charge in [-0.25, -0.2) is 9.37 Å². The quantitative estimate of drug-likeness (QED) is 0.744. The Morgan fingerprint density at radius 3 is 2.57 bits per heavy atom. The summed E-state index contributed by atoms with van der Waals surface area (Å²) < 4.78 is 18.5. The van der Waals surface area contributed by atoms with E-state index in [1.54, 1.807) is 17.0 Å². The van der Waals surface area contributed by atoms with E-state index in [-0.39, 0.29) is 35.5 Å². The highest BCUT2D eigenvalue weighted by Crippen LogP contribution is 2.32. The highest BCUT2D eigenvalue weighted by molar-refractivity contribution is 7.09. The highest BCUT2D eigenvalue weighted by Gasteiger charge is 2.38. The van der Waals surface area contributed by atoms with Crippen LogP contribution in [0.15, 0.2) is 29.6 Å². The van der Waals surface area contributed by atoms with Crippen molar-refractivity contribution in [3.05, 3.63) is 51.7 Å². The molecule has 2 fully saturated rings. The van der Waals surface area contributed by atoms with Gasteiger partial charge in [0.1, 0.15) is 18.2 Å². The van der Waals surface area contributed by atoms with Crippen LogP contribution in [-0.2, 0) is 16.0 Å². The summed E-state index contributed by atoms with van der Waals surface area (Å²) in [6.07, 6.45) is 1.94. The minimum Gasteiger partial charge on any atom is -0.359 e. The van der Waals surface area contributed by atoms with E-state index >= 15 is 0 Å². The third kappa shape index (κ3) is 4.39. The summed E-state index contributed by atoms with van der Waals surface area (Å²) in [5, 5.41) is 2.79. The Labute approximate surface area is 179 Å². The van der Waals surface area contributed by atoms with Crippen LogP contribution in [0.1, 0.15) is 53.7 Å². The molecule has 1 aromatic carbocycles. The lowest BCUT2D eigenvalue weighted by Crippen LogP contribution is -2.44. The molecule has 0 radical (unpaired) electrons. The van der Waals surface area contributed by atoms with E-state index in [1.807, 2.05) is 24.1 Å². The van der Waals surface area contributed by atoms with Gasteiger partial charge in [-0.05, 0) is 44.4 Å². The van der Waals surface area contributed by atoms with Gasteiger partial charge >= 0.3 is 0 Å². The molecular weight excluding hydrogens is 405 g/mol. The molecule has 0 spiro atoms. The molecule has 2 aliphatic heterocycles. The average molecular weight is 432 g/mol. The molecule has 2 aliphatic rings. The number of rotatable bonds is 4. The van der Waals surface area contributed by atoms with Gasteiger partial charge in [0.2, 0.25) is 5.91 Å². The van der Waals surface area contributed by atoms with Gasteiger partial charge in [-0.3, -0.25) is 9.59 Å². The molecule has 2 saturated heterocycles. The van der Waals surface area contributed by atoms with Crippen molar-refractivity contribution in [1.82, 2.24) is 14.8 Å². The van der Waals surface area contributed by atoms with Crippen molar-refractivity contribution in [2.24, 2.45) is 0 Å². The van der Waals surface area contributed by atoms with Crippen LogP contribution in [0, 0.1) is 5.82 Å². The number of carbonyl (C=O) groups is 2. The first-order valence-corrected chi connectivity index (χ1v) is 11.1. The predicted octanol–water partition coefficient (Wildman–Crippen LogP) is 3.44. The van der Waals surface area contributed by atoms with Crippen LogP contribution in [0.3, 0.4) is 0 Å². The molecule has 0 atom stereocenters. The summed E-state index contributed by atoms with van der Waals surface area (Å²) in [5.74, 6) is -0.0679.